The lowest BCUT2D eigenvalue weighted by molar-refractivity contribution is 0.0595. The highest BCUT2D eigenvalue weighted by Crippen LogP contribution is 2.42. The summed E-state index contributed by atoms with van der Waals surface area (Å²) in [7, 11) is 0. The molecule has 1 aliphatic heterocycles. The fourth-order valence-corrected chi connectivity index (χ4v) is 4.57. The van der Waals surface area contributed by atoms with Crippen molar-refractivity contribution in [2.45, 2.75) is 31.2 Å². The number of carbonyl (C=O) groups is 1. The van der Waals surface area contributed by atoms with Crippen molar-refractivity contribution in [3.05, 3.63) is 75.7 Å². The number of piperidine rings is 1. The van der Waals surface area contributed by atoms with Crippen LogP contribution in [-0.4, -0.2) is 33.4 Å². The molecule has 1 aromatic heterocycles. The molecule has 0 radical (unpaired) electrons. The topological polar surface area (TPSA) is 66.1 Å². The van der Waals surface area contributed by atoms with E-state index in [9.17, 15) is 9.59 Å². The number of hydrogen-bond acceptors (Lipinski definition) is 3. The largest absolute Gasteiger partial charge is 0.335 e. The van der Waals surface area contributed by atoms with Crippen LogP contribution in [0.4, 0.5) is 0 Å². The highest BCUT2D eigenvalue weighted by molar-refractivity contribution is 5.97. The first kappa shape index (κ1) is 15.3. The quantitative estimate of drug-likeness (QED) is 0.737. The number of amides is 1. The Labute approximate surface area is 150 Å². The van der Waals surface area contributed by atoms with Gasteiger partial charge in [0.2, 0.25) is 0 Å². The van der Waals surface area contributed by atoms with Crippen LogP contribution in [0.5, 0.6) is 0 Å². The van der Waals surface area contributed by atoms with Gasteiger partial charge in [-0.1, -0.05) is 24.3 Å². The minimum Gasteiger partial charge on any atom is -0.335 e. The molecule has 2 aliphatic rings. The minimum atomic E-state index is -0.237. The van der Waals surface area contributed by atoms with Gasteiger partial charge in [-0.05, 0) is 48.6 Å². The van der Waals surface area contributed by atoms with E-state index in [1.54, 1.807) is 18.2 Å². The van der Waals surface area contributed by atoms with Crippen LogP contribution >= 0.6 is 0 Å². The molecule has 5 nitrogen and oxygen atoms in total. The first-order chi connectivity index (χ1) is 12.7. The molecule has 2 atom stereocenters. The van der Waals surface area contributed by atoms with Crippen LogP contribution in [0.1, 0.15) is 40.2 Å². The molecule has 1 amide bonds. The molecule has 0 saturated carbocycles. The van der Waals surface area contributed by atoms with E-state index in [0.29, 0.717) is 22.5 Å². The van der Waals surface area contributed by atoms with Crippen molar-refractivity contribution in [3.63, 3.8) is 0 Å². The standard InChI is InChI=1S/C21H19N3O2/c25-20-12-22-18-10-14(7-8-17(18)23-20)21(26)24-9-3-6-16-15-5-2-1-4-13(15)11-19(16)24/h1-2,4-5,7-8,10,12,16,19H,3,6,9,11H2,(H,23,25). The van der Waals surface area contributed by atoms with Crippen molar-refractivity contribution >= 4 is 16.9 Å². The third-order valence-electron chi connectivity index (χ3n) is 5.75. The Morgan fingerprint density at radius 1 is 1.19 bits per heavy atom. The van der Waals surface area contributed by atoms with Gasteiger partial charge in [-0.3, -0.25) is 9.59 Å². The average Bonchev–Trinajstić information content (AvgIpc) is 3.06. The van der Waals surface area contributed by atoms with Crippen molar-refractivity contribution in [1.82, 2.24) is 14.9 Å². The van der Waals surface area contributed by atoms with Gasteiger partial charge in [-0.25, -0.2) is 4.98 Å². The maximum absolute atomic E-state index is 13.2. The van der Waals surface area contributed by atoms with Crippen LogP contribution in [-0.2, 0) is 6.42 Å². The number of carbonyl (C=O) groups excluding carboxylic acids is 1. The van der Waals surface area contributed by atoms with Gasteiger partial charge in [0.25, 0.3) is 11.5 Å². The van der Waals surface area contributed by atoms with Crippen LogP contribution < -0.4 is 5.56 Å². The van der Waals surface area contributed by atoms with Crippen LogP contribution in [0.15, 0.2) is 53.5 Å². The summed E-state index contributed by atoms with van der Waals surface area (Å²) in [5, 5.41) is 0. The lowest BCUT2D eigenvalue weighted by atomic mass is 9.88. The van der Waals surface area contributed by atoms with E-state index in [0.717, 1.165) is 25.8 Å². The zero-order valence-electron chi connectivity index (χ0n) is 14.3. The second kappa shape index (κ2) is 5.80. The van der Waals surface area contributed by atoms with Crippen LogP contribution in [0, 0.1) is 0 Å². The number of nitrogens with zero attached hydrogens (tertiary/aromatic N) is 2. The lowest BCUT2D eigenvalue weighted by Gasteiger charge is -2.38. The van der Waals surface area contributed by atoms with Gasteiger partial charge in [0.05, 0.1) is 17.2 Å². The number of rotatable bonds is 1. The number of fused-ring (bicyclic) bond motifs is 4. The summed E-state index contributed by atoms with van der Waals surface area (Å²) in [6, 6.07) is 14.1. The Morgan fingerprint density at radius 3 is 3.00 bits per heavy atom. The van der Waals surface area contributed by atoms with Crippen molar-refractivity contribution < 1.29 is 4.79 Å². The average molecular weight is 345 g/mol. The maximum Gasteiger partial charge on any atom is 0.266 e. The van der Waals surface area contributed by atoms with Crippen LogP contribution in [0.3, 0.4) is 0 Å². The first-order valence-corrected chi connectivity index (χ1v) is 9.08. The molecule has 2 heterocycles. The molecular weight excluding hydrogens is 326 g/mol. The molecule has 1 saturated heterocycles. The Morgan fingerprint density at radius 2 is 2.08 bits per heavy atom. The summed E-state index contributed by atoms with van der Waals surface area (Å²) in [5.41, 5.74) is 4.47. The van der Waals surface area contributed by atoms with Crippen molar-refractivity contribution in [2.75, 3.05) is 6.54 Å². The Kier molecular flexibility index (Phi) is 3.42. The van der Waals surface area contributed by atoms with Gasteiger partial charge in [0, 0.05) is 24.1 Å². The van der Waals surface area contributed by atoms with Crippen molar-refractivity contribution in [1.29, 1.82) is 0 Å². The van der Waals surface area contributed by atoms with E-state index in [4.69, 9.17) is 0 Å². The smallest absolute Gasteiger partial charge is 0.266 e. The Hall–Kier alpha value is -2.95. The van der Waals surface area contributed by atoms with E-state index in [-0.39, 0.29) is 17.5 Å². The predicted octanol–water partition coefficient (Wildman–Crippen LogP) is 2.87. The van der Waals surface area contributed by atoms with E-state index in [1.807, 2.05) is 4.90 Å². The number of likely N-dealkylation sites (tertiary alicyclic amines) is 1. The second-order valence-electron chi connectivity index (χ2n) is 7.20. The van der Waals surface area contributed by atoms with Gasteiger partial charge >= 0.3 is 0 Å². The maximum atomic E-state index is 13.2. The third-order valence-corrected chi connectivity index (χ3v) is 5.75. The highest BCUT2D eigenvalue weighted by atomic mass is 16.2. The summed E-state index contributed by atoms with van der Waals surface area (Å²) >= 11 is 0. The monoisotopic (exact) mass is 345 g/mol. The Balaban J connectivity index is 1.49. The summed E-state index contributed by atoms with van der Waals surface area (Å²) in [4.78, 5) is 33.6. The zero-order chi connectivity index (χ0) is 17.7. The van der Waals surface area contributed by atoms with Crippen LogP contribution in [0.2, 0.25) is 0 Å². The predicted molar refractivity (Wildman–Crippen MR) is 99.3 cm³/mol. The van der Waals surface area contributed by atoms with Crippen molar-refractivity contribution in [2.24, 2.45) is 0 Å². The molecule has 0 spiro atoms. The number of benzene rings is 2. The summed E-state index contributed by atoms with van der Waals surface area (Å²) in [5.74, 6) is 0.501. The molecular formula is C21H19N3O2. The fourth-order valence-electron chi connectivity index (χ4n) is 4.57. The second-order valence-corrected chi connectivity index (χ2v) is 7.20. The number of H-pyrrole nitrogens is 1. The molecule has 2 aromatic carbocycles. The molecule has 5 rings (SSSR count). The molecule has 0 bridgehead atoms. The molecule has 3 aromatic rings. The van der Waals surface area contributed by atoms with E-state index in [1.165, 1.54) is 17.3 Å². The molecule has 130 valence electrons. The van der Waals surface area contributed by atoms with E-state index >= 15 is 0 Å². The molecule has 2 unspecified atom stereocenters. The molecule has 1 fully saturated rings. The molecule has 5 heteroatoms. The fraction of sp³-hybridized carbons (Fsp3) is 0.286. The van der Waals surface area contributed by atoms with Gasteiger partial charge in [-0.2, -0.15) is 0 Å². The normalized spacial score (nSPS) is 21.5. The number of nitrogens with one attached hydrogen (secondary N) is 1. The third kappa shape index (κ3) is 2.35. The van der Waals surface area contributed by atoms with Gasteiger partial charge in [0.15, 0.2) is 0 Å². The van der Waals surface area contributed by atoms with Gasteiger partial charge < -0.3 is 9.88 Å². The van der Waals surface area contributed by atoms with Crippen molar-refractivity contribution in [3.8, 4) is 0 Å². The van der Waals surface area contributed by atoms with Crippen LogP contribution in [0.25, 0.3) is 11.0 Å². The zero-order valence-corrected chi connectivity index (χ0v) is 14.3. The number of hydrogen-bond donors (Lipinski definition) is 1. The van der Waals surface area contributed by atoms with Gasteiger partial charge in [-0.15, -0.1) is 0 Å². The highest BCUT2D eigenvalue weighted by Gasteiger charge is 2.40. The molecule has 26 heavy (non-hydrogen) atoms. The minimum absolute atomic E-state index is 0.0578. The first-order valence-electron chi connectivity index (χ1n) is 9.08. The summed E-state index contributed by atoms with van der Waals surface area (Å²) < 4.78 is 0. The number of aromatic nitrogens is 2. The molecule has 1 aliphatic carbocycles. The lowest BCUT2D eigenvalue weighted by Crippen LogP contribution is -2.46. The summed E-state index contributed by atoms with van der Waals surface area (Å²) in [6.45, 7) is 0.797. The van der Waals surface area contributed by atoms with Gasteiger partial charge in [0.1, 0.15) is 0 Å². The van der Waals surface area contributed by atoms with E-state index in [2.05, 4.69) is 34.2 Å². The van der Waals surface area contributed by atoms with E-state index < -0.39 is 0 Å². The Bertz CT molecular complexity index is 1070. The number of aromatic amines is 1. The SMILES string of the molecule is O=C(c1ccc2[nH]c(=O)cnc2c1)N1CCCC2c3ccccc3CC21. The molecule has 1 N–H and O–H groups in total. The summed E-state index contributed by atoms with van der Waals surface area (Å²) in [6.07, 6.45) is 4.36.